The van der Waals surface area contributed by atoms with E-state index in [0.717, 1.165) is 18.2 Å². The van der Waals surface area contributed by atoms with E-state index in [1.807, 2.05) is 0 Å². The van der Waals surface area contributed by atoms with Crippen molar-refractivity contribution in [2.45, 2.75) is 6.18 Å². The summed E-state index contributed by atoms with van der Waals surface area (Å²) in [6, 6.07) is 3.25. The molecule has 0 aliphatic carbocycles. The van der Waals surface area contributed by atoms with Gasteiger partial charge in [0.1, 0.15) is 10.8 Å². The molecule has 2 aromatic rings. The summed E-state index contributed by atoms with van der Waals surface area (Å²) in [5, 5.41) is 21.2. The first kappa shape index (κ1) is 21.2. The van der Waals surface area contributed by atoms with Crippen molar-refractivity contribution in [3.05, 3.63) is 56.7 Å². The average molecular weight is 385 g/mol. The fourth-order valence-corrected chi connectivity index (χ4v) is 1.87. The number of ether oxygens (including phenoxy) is 1. The van der Waals surface area contributed by atoms with Crippen molar-refractivity contribution >= 4 is 23.3 Å². The van der Waals surface area contributed by atoms with E-state index in [-0.39, 0.29) is 35.3 Å². The molecule has 0 amide bonds. The third kappa shape index (κ3) is 5.05. The van der Waals surface area contributed by atoms with Crippen molar-refractivity contribution < 1.29 is 62.3 Å². The molecule has 0 aliphatic heterocycles. The molecule has 1 aromatic carbocycles. The number of aromatic carboxylic acids is 1. The number of aromatic nitrogens is 1. The molecule has 0 atom stereocenters. The number of alkyl halides is 3. The maximum absolute atomic E-state index is 12.5. The number of pyridine rings is 1. The molecule has 0 N–H and O–H groups in total. The molecule has 12 heteroatoms. The van der Waals surface area contributed by atoms with E-state index in [1.165, 1.54) is 0 Å². The number of nitro benzene ring substituents is 1. The number of halogens is 4. The number of benzene rings is 1. The van der Waals surface area contributed by atoms with Gasteiger partial charge in [0.15, 0.2) is 0 Å². The van der Waals surface area contributed by atoms with Gasteiger partial charge in [0.2, 0.25) is 5.88 Å². The number of carboxylic acid groups (broad SMARTS) is 1. The van der Waals surface area contributed by atoms with Crippen LogP contribution in [0.15, 0.2) is 30.5 Å². The number of carbonyl (C=O) groups excluding carboxylic acids is 1. The normalized spacial score (nSPS) is 10.7. The summed E-state index contributed by atoms with van der Waals surface area (Å²) in [6.45, 7) is 0. The van der Waals surface area contributed by atoms with Crippen LogP contribution >= 0.6 is 11.6 Å². The van der Waals surface area contributed by atoms with Crippen LogP contribution in [0.1, 0.15) is 15.9 Å². The molecule has 0 spiro atoms. The van der Waals surface area contributed by atoms with Crippen LogP contribution in [0.25, 0.3) is 0 Å². The van der Waals surface area contributed by atoms with Crippen LogP contribution in [0.2, 0.25) is 5.02 Å². The van der Waals surface area contributed by atoms with E-state index in [1.54, 1.807) is 0 Å². The Morgan fingerprint density at radius 3 is 2.40 bits per heavy atom. The molecule has 126 valence electrons. The van der Waals surface area contributed by atoms with Crippen molar-refractivity contribution in [1.82, 2.24) is 4.98 Å². The van der Waals surface area contributed by atoms with Crippen LogP contribution in [0.5, 0.6) is 11.6 Å². The summed E-state index contributed by atoms with van der Waals surface area (Å²) in [5.74, 6) is -2.48. The predicted molar refractivity (Wildman–Crippen MR) is 71.7 cm³/mol. The number of nitro groups is 1. The van der Waals surface area contributed by atoms with Gasteiger partial charge in [-0.15, -0.1) is 0 Å². The number of hydrogen-bond donors (Lipinski definition) is 0. The predicted octanol–water partition coefficient (Wildman–Crippen LogP) is -0.178. The quantitative estimate of drug-likeness (QED) is 0.411. The van der Waals surface area contributed by atoms with E-state index in [2.05, 4.69) is 4.98 Å². The van der Waals surface area contributed by atoms with Crippen LogP contribution in [0.3, 0.4) is 0 Å². The van der Waals surface area contributed by atoms with Gasteiger partial charge >= 0.3 is 35.7 Å². The second-order valence-corrected chi connectivity index (χ2v) is 4.74. The van der Waals surface area contributed by atoms with Gasteiger partial charge in [-0.25, -0.2) is 4.98 Å². The molecule has 0 fully saturated rings. The van der Waals surface area contributed by atoms with Crippen LogP contribution in [0, 0.1) is 10.1 Å². The van der Waals surface area contributed by atoms with Crippen LogP contribution in [-0.4, -0.2) is 15.9 Å². The zero-order valence-corrected chi connectivity index (χ0v) is 15.1. The fraction of sp³-hybridized carbons (Fsp3) is 0.0769. The molecule has 0 unspecified atom stereocenters. The topological polar surface area (TPSA) is 105 Å². The molecule has 0 bridgehead atoms. The van der Waals surface area contributed by atoms with E-state index < -0.39 is 44.8 Å². The molecule has 25 heavy (non-hydrogen) atoms. The molecule has 1 heterocycles. The molecule has 0 radical (unpaired) electrons. The molecule has 0 saturated carbocycles. The minimum Gasteiger partial charge on any atom is -0.545 e. The number of carboxylic acids is 1. The Bertz CT molecular complexity index is 832. The molecule has 7 nitrogen and oxygen atoms in total. The van der Waals surface area contributed by atoms with E-state index in [9.17, 15) is 33.2 Å². The molecule has 1 aromatic heterocycles. The van der Waals surface area contributed by atoms with Crippen LogP contribution in [-0.2, 0) is 6.18 Å². The zero-order chi connectivity index (χ0) is 18.1. The fourth-order valence-electron chi connectivity index (χ4n) is 1.67. The van der Waals surface area contributed by atoms with Crippen molar-refractivity contribution in [3.63, 3.8) is 0 Å². The zero-order valence-electron chi connectivity index (χ0n) is 12.3. The molecular weight excluding hydrogens is 380 g/mol. The Hall–Kier alpha value is -1.88. The SMILES string of the molecule is O=C([O-])c1cc(Oc2ncc(C(F)(F)F)cc2Cl)ccc1[N+](=O)[O-].[Na+]. The third-order valence-electron chi connectivity index (χ3n) is 2.73. The molecule has 0 aliphatic rings. The average Bonchev–Trinajstić information content (AvgIpc) is 2.47. The Kier molecular flexibility index (Phi) is 6.77. The van der Waals surface area contributed by atoms with Gasteiger partial charge in [-0.05, 0) is 18.2 Å². The van der Waals surface area contributed by atoms with Crippen molar-refractivity contribution in [2.75, 3.05) is 0 Å². The summed E-state index contributed by atoms with van der Waals surface area (Å²) in [6.07, 6.45) is -4.17. The maximum Gasteiger partial charge on any atom is 1.00 e. The van der Waals surface area contributed by atoms with Gasteiger partial charge in [-0.3, -0.25) is 10.1 Å². The van der Waals surface area contributed by atoms with Crippen LogP contribution in [0.4, 0.5) is 18.9 Å². The van der Waals surface area contributed by atoms with Gasteiger partial charge in [-0.1, -0.05) is 11.6 Å². The Labute approximate surface area is 164 Å². The van der Waals surface area contributed by atoms with Gasteiger partial charge < -0.3 is 14.6 Å². The number of nitrogens with zero attached hydrogens (tertiary/aromatic N) is 2. The number of rotatable bonds is 4. The monoisotopic (exact) mass is 384 g/mol. The minimum absolute atomic E-state index is 0. The number of hydrogen-bond acceptors (Lipinski definition) is 6. The molecule has 0 saturated heterocycles. The van der Waals surface area contributed by atoms with Gasteiger partial charge in [0, 0.05) is 12.3 Å². The Morgan fingerprint density at radius 1 is 1.28 bits per heavy atom. The summed E-state index contributed by atoms with van der Waals surface area (Å²) in [7, 11) is 0. The largest absolute Gasteiger partial charge is 1.00 e. The van der Waals surface area contributed by atoms with E-state index in [4.69, 9.17) is 16.3 Å². The minimum atomic E-state index is -4.65. The first-order chi connectivity index (χ1) is 11.1. The van der Waals surface area contributed by atoms with Crippen molar-refractivity contribution in [3.8, 4) is 11.6 Å². The summed E-state index contributed by atoms with van der Waals surface area (Å²) >= 11 is 5.65. The van der Waals surface area contributed by atoms with E-state index in [0.29, 0.717) is 12.3 Å². The van der Waals surface area contributed by atoms with Crippen molar-refractivity contribution in [1.29, 1.82) is 0 Å². The second-order valence-electron chi connectivity index (χ2n) is 4.33. The standard InChI is InChI=1S/C13H6ClF3N2O5.Na/c14-9-3-6(13(15,16)17)5-18-11(9)24-7-1-2-10(19(22)23)8(4-7)12(20)21;/h1-5H,(H,20,21);/q;+1/p-1. The van der Waals surface area contributed by atoms with Gasteiger partial charge in [-0.2, -0.15) is 13.2 Å². The first-order valence-corrected chi connectivity index (χ1v) is 6.38. The third-order valence-corrected chi connectivity index (χ3v) is 3.00. The number of carbonyl (C=O) groups is 1. The molecule has 2 rings (SSSR count). The van der Waals surface area contributed by atoms with E-state index >= 15 is 0 Å². The smallest absolute Gasteiger partial charge is 0.545 e. The Balaban J connectivity index is 0.00000312. The molecular formula is C13H5ClF3N2NaO5. The summed E-state index contributed by atoms with van der Waals surface area (Å²) in [5.41, 5.74) is -2.59. The second kappa shape index (κ2) is 8.00. The maximum atomic E-state index is 12.5. The Morgan fingerprint density at radius 2 is 1.92 bits per heavy atom. The summed E-state index contributed by atoms with van der Waals surface area (Å²) < 4.78 is 42.6. The van der Waals surface area contributed by atoms with Gasteiger partial charge in [0.25, 0.3) is 5.69 Å². The van der Waals surface area contributed by atoms with Crippen molar-refractivity contribution in [2.24, 2.45) is 0 Å². The van der Waals surface area contributed by atoms with Gasteiger partial charge in [0.05, 0.1) is 22.0 Å². The summed E-state index contributed by atoms with van der Waals surface area (Å²) in [4.78, 5) is 24.1. The van der Waals surface area contributed by atoms with Crippen LogP contribution < -0.4 is 39.4 Å². The first-order valence-electron chi connectivity index (χ1n) is 6.00.